The van der Waals surface area contributed by atoms with Crippen LogP contribution in [0.5, 0.6) is 0 Å². The van der Waals surface area contributed by atoms with Crippen LogP contribution in [-0.2, 0) is 0 Å². The summed E-state index contributed by atoms with van der Waals surface area (Å²) in [6.45, 7) is 4.00. The van der Waals surface area contributed by atoms with Crippen molar-refractivity contribution in [2.45, 2.75) is 32.9 Å². The maximum Gasteiger partial charge on any atom is 0.432 e. The fourth-order valence-corrected chi connectivity index (χ4v) is 0.783. The molecule has 0 saturated heterocycles. The van der Waals surface area contributed by atoms with Gasteiger partial charge in [-0.15, -0.1) is 0 Å². The highest BCUT2D eigenvalue weighted by Crippen LogP contribution is 2.34. The molecule has 0 amide bonds. The number of hydrogen-bond donors (Lipinski definition) is 2. The van der Waals surface area contributed by atoms with Gasteiger partial charge >= 0.3 is 6.18 Å². The molecular weight excluding hydrogens is 193 g/mol. The van der Waals surface area contributed by atoms with Crippen molar-refractivity contribution in [1.82, 2.24) is 0 Å². The van der Waals surface area contributed by atoms with Gasteiger partial charge in [0.2, 0.25) is 0 Å². The van der Waals surface area contributed by atoms with E-state index >= 15 is 0 Å². The molecule has 0 aliphatic heterocycles. The number of nitrogens with two attached hydrogens (primary N) is 1. The lowest BCUT2D eigenvalue weighted by Crippen LogP contribution is -2.21. The Morgan fingerprint density at radius 1 is 1.36 bits per heavy atom. The number of nitrogens with one attached hydrogen (secondary N) is 1. The zero-order valence-electron chi connectivity index (χ0n) is 8.28. The van der Waals surface area contributed by atoms with Crippen molar-refractivity contribution in [1.29, 1.82) is 5.41 Å². The third-order valence-corrected chi connectivity index (χ3v) is 1.67. The minimum atomic E-state index is -4.57. The summed E-state index contributed by atoms with van der Waals surface area (Å²) in [6.07, 6.45) is -2.18. The van der Waals surface area contributed by atoms with E-state index in [0.717, 1.165) is 12.8 Å². The normalized spacial score (nSPS) is 17.1. The van der Waals surface area contributed by atoms with Gasteiger partial charge in [0.15, 0.2) is 0 Å². The maximum atomic E-state index is 11.8. The zero-order chi connectivity index (χ0) is 11.4. The van der Waals surface area contributed by atoms with Crippen LogP contribution in [0.15, 0.2) is 11.8 Å². The maximum absolute atomic E-state index is 11.8. The van der Waals surface area contributed by atoms with E-state index in [2.05, 4.69) is 0 Å². The van der Waals surface area contributed by atoms with E-state index in [1.807, 2.05) is 13.8 Å². The Bertz CT molecular complexity index is 227. The van der Waals surface area contributed by atoms with Gasteiger partial charge in [0.1, 0.15) is 5.71 Å². The molecule has 3 N–H and O–H groups in total. The lowest BCUT2D eigenvalue weighted by molar-refractivity contribution is -0.0584. The molecule has 0 aromatic heterocycles. The molecule has 0 aromatic carbocycles. The van der Waals surface area contributed by atoms with Gasteiger partial charge in [0.25, 0.3) is 0 Å². The van der Waals surface area contributed by atoms with Gasteiger partial charge in [-0.3, -0.25) is 5.41 Å². The molecule has 0 bridgehead atoms. The molecule has 0 atom stereocenters. The highest BCUT2D eigenvalue weighted by Gasteiger charge is 2.34. The summed E-state index contributed by atoms with van der Waals surface area (Å²) in [5, 5.41) is 6.61. The van der Waals surface area contributed by atoms with Gasteiger partial charge in [0, 0.05) is 5.70 Å². The third kappa shape index (κ3) is 4.30. The summed E-state index contributed by atoms with van der Waals surface area (Å²) in [7, 11) is 0. The molecule has 5 heteroatoms. The Morgan fingerprint density at radius 2 is 1.79 bits per heavy atom. The molecule has 82 valence electrons. The molecule has 0 spiro atoms. The monoisotopic (exact) mass is 208 g/mol. The van der Waals surface area contributed by atoms with Crippen LogP contribution in [0.1, 0.15) is 26.7 Å². The van der Waals surface area contributed by atoms with Crippen molar-refractivity contribution in [2.75, 3.05) is 0 Å². The van der Waals surface area contributed by atoms with Crippen molar-refractivity contribution in [3.05, 3.63) is 11.8 Å². The summed E-state index contributed by atoms with van der Waals surface area (Å²) in [5.74, 6) is 0.0766. The van der Waals surface area contributed by atoms with Crippen LogP contribution in [0.25, 0.3) is 0 Å². The molecule has 1 rings (SSSR count). The van der Waals surface area contributed by atoms with E-state index in [1.165, 1.54) is 0 Å². The van der Waals surface area contributed by atoms with Gasteiger partial charge < -0.3 is 5.73 Å². The van der Waals surface area contributed by atoms with Gasteiger partial charge in [-0.1, -0.05) is 13.8 Å². The summed E-state index contributed by atoms with van der Waals surface area (Å²) in [5.41, 5.74) is 4.11. The van der Waals surface area contributed by atoms with Crippen LogP contribution in [0.4, 0.5) is 13.2 Å². The van der Waals surface area contributed by atoms with Gasteiger partial charge in [-0.05, 0) is 24.8 Å². The van der Waals surface area contributed by atoms with Crippen molar-refractivity contribution >= 4 is 5.71 Å². The van der Waals surface area contributed by atoms with Crippen LogP contribution in [0, 0.1) is 11.3 Å². The van der Waals surface area contributed by atoms with Crippen LogP contribution < -0.4 is 5.73 Å². The van der Waals surface area contributed by atoms with Crippen molar-refractivity contribution in [3.8, 4) is 0 Å². The molecule has 1 aliphatic rings. The van der Waals surface area contributed by atoms with Gasteiger partial charge in [-0.25, -0.2) is 0 Å². The topological polar surface area (TPSA) is 49.9 Å². The second-order valence-corrected chi connectivity index (χ2v) is 2.83. The van der Waals surface area contributed by atoms with Gasteiger partial charge in [0.05, 0.1) is 0 Å². The molecule has 1 aliphatic carbocycles. The number of alkyl halides is 3. The number of allylic oxidation sites excluding steroid dienone is 2. The summed E-state index contributed by atoms with van der Waals surface area (Å²) >= 11 is 0. The molecule has 1 fully saturated rings. The molecular formula is C9H15F3N2. The fourth-order valence-electron chi connectivity index (χ4n) is 0.783. The number of rotatable bonds is 2. The smallest absolute Gasteiger partial charge is 0.402 e. The lowest BCUT2D eigenvalue weighted by Gasteiger charge is -2.04. The highest BCUT2D eigenvalue weighted by molar-refractivity contribution is 5.97. The SMILES string of the molecule is CC.N=C(/C=C(\N)C1CC1)C(F)(F)F. The molecule has 0 heterocycles. The van der Waals surface area contributed by atoms with Crippen LogP contribution >= 0.6 is 0 Å². The first-order valence-electron chi connectivity index (χ1n) is 4.54. The fraction of sp³-hybridized carbons (Fsp3) is 0.667. The molecule has 0 aromatic rings. The standard InChI is InChI=1S/C7H9F3N2.C2H6/c8-7(9,10)6(12)3-5(11)4-1-2-4;1-2/h3-4,12H,1-2,11H2;1-2H3/b5-3-,12-6?;. The first-order chi connectivity index (χ1) is 6.41. The average molecular weight is 208 g/mol. The van der Waals surface area contributed by atoms with E-state index in [4.69, 9.17) is 11.1 Å². The Morgan fingerprint density at radius 3 is 2.07 bits per heavy atom. The minimum absolute atomic E-state index is 0.0766. The number of halogens is 3. The molecule has 0 radical (unpaired) electrons. The van der Waals surface area contributed by atoms with E-state index in [9.17, 15) is 13.2 Å². The highest BCUT2D eigenvalue weighted by atomic mass is 19.4. The Balaban J connectivity index is 0.000000791. The van der Waals surface area contributed by atoms with Crippen molar-refractivity contribution in [2.24, 2.45) is 11.7 Å². The number of hydrogen-bond acceptors (Lipinski definition) is 2. The van der Waals surface area contributed by atoms with E-state index in [0.29, 0.717) is 6.08 Å². The molecule has 14 heavy (non-hydrogen) atoms. The first-order valence-corrected chi connectivity index (χ1v) is 4.54. The van der Waals surface area contributed by atoms with Crippen molar-refractivity contribution < 1.29 is 13.2 Å². The van der Waals surface area contributed by atoms with E-state index in [-0.39, 0.29) is 11.6 Å². The largest absolute Gasteiger partial charge is 0.432 e. The van der Waals surface area contributed by atoms with E-state index < -0.39 is 11.9 Å². The van der Waals surface area contributed by atoms with Crippen LogP contribution in [-0.4, -0.2) is 11.9 Å². The van der Waals surface area contributed by atoms with Gasteiger partial charge in [-0.2, -0.15) is 13.2 Å². The summed E-state index contributed by atoms with van der Waals surface area (Å²) < 4.78 is 35.3. The van der Waals surface area contributed by atoms with Crippen molar-refractivity contribution in [3.63, 3.8) is 0 Å². The van der Waals surface area contributed by atoms with E-state index in [1.54, 1.807) is 0 Å². The lowest BCUT2D eigenvalue weighted by atomic mass is 10.2. The molecule has 0 unspecified atom stereocenters. The Kier molecular flexibility index (Phi) is 4.67. The Labute approximate surface area is 81.5 Å². The Hall–Kier alpha value is -1.00. The second-order valence-electron chi connectivity index (χ2n) is 2.83. The van der Waals surface area contributed by atoms with Crippen LogP contribution in [0.2, 0.25) is 0 Å². The predicted molar refractivity (Wildman–Crippen MR) is 50.1 cm³/mol. The molecule has 2 nitrogen and oxygen atoms in total. The average Bonchev–Trinajstić information content (AvgIpc) is 2.88. The minimum Gasteiger partial charge on any atom is -0.402 e. The quantitative estimate of drug-likeness (QED) is 0.673. The predicted octanol–water partition coefficient (Wildman–Crippen LogP) is 2.85. The zero-order valence-corrected chi connectivity index (χ0v) is 8.28. The summed E-state index contributed by atoms with van der Waals surface area (Å²) in [6, 6.07) is 0. The third-order valence-electron chi connectivity index (χ3n) is 1.67. The first kappa shape index (κ1) is 13.0. The second kappa shape index (κ2) is 5.02. The summed E-state index contributed by atoms with van der Waals surface area (Å²) in [4.78, 5) is 0. The van der Waals surface area contributed by atoms with Crippen LogP contribution in [0.3, 0.4) is 0 Å². The molecule has 1 saturated carbocycles.